The average molecular weight is 380 g/mol. The summed E-state index contributed by atoms with van der Waals surface area (Å²) in [6, 6.07) is 10.8. The molecule has 0 radical (unpaired) electrons. The van der Waals surface area contributed by atoms with Gasteiger partial charge in [0, 0.05) is 5.02 Å². The molecule has 2 amide bonds. The van der Waals surface area contributed by atoms with E-state index < -0.39 is 0 Å². The third-order valence-electron chi connectivity index (χ3n) is 3.63. The van der Waals surface area contributed by atoms with Gasteiger partial charge in [0.25, 0.3) is 5.91 Å². The van der Waals surface area contributed by atoms with Gasteiger partial charge in [0.05, 0.1) is 17.5 Å². The lowest BCUT2D eigenvalue weighted by Gasteiger charge is -2.21. The van der Waals surface area contributed by atoms with Gasteiger partial charge in [-0.15, -0.1) is 11.3 Å². The maximum absolute atomic E-state index is 12.3. The molecular formula is C18H22ClN3O2S. The van der Waals surface area contributed by atoms with Crippen molar-refractivity contribution in [3.63, 3.8) is 0 Å². The van der Waals surface area contributed by atoms with E-state index in [2.05, 4.69) is 15.5 Å². The monoisotopic (exact) mass is 379 g/mol. The van der Waals surface area contributed by atoms with Gasteiger partial charge in [-0.2, -0.15) is 0 Å². The fourth-order valence-electron chi connectivity index (χ4n) is 2.31. The zero-order valence-electron chi connectivity index (χ0n) is 14.3. The van der Waals surface area contributed by atoms with Crippen LogP contribution in [0.2, 0.25) is 5.02 Å². The topological polar surface area (TPSA) is 61.4 Å². The van der Waals surface area contributed by atoms with E-state index in [-0.39, 0.29) is 24.4 Å². The number of hydrogen-bond donors (Lipinski definition) is 2. The van der Waals surface area contributed by atoms with Crippen LogP contribution in [0.4, 0.5) is 0 Å². The van der Waals surface area contributed by atoms with Crippen LogP contribution >= 0.6 is 22.9 Å². The Kier molecular flexibility index (Phi) is 7.43. The highest BCUT2D eigenvalue weighted by Gasteiger charge is 2.16. The summed E-state index contributed by atoms with van der Waals surface area (Å²) in [4.78, 5) is 26.8. The predicted molar refractivity (Wildman–Crippen MR) is 102 cm³/mol. The van der Waals surface area contributed by atoms with Crippen molar-refractivity contribution in [1.29, 1.82) is 0 Å². The molecule has 1 unspecified atom stereocenters. The minimum absolute atomic E-state index is 0.0528. The first-order valence-corrected chi connectivity index (χ1v) is 9.22. The summed E-state index contributed by atoms with van der Waals surface area (Å²) in [7, 11) is 3.98. The fraction of sp³-hybridized carbons (Fsp3) is 0.333. The molecule has 0 saturated carbocycles. The van der Waals surface area contributed by atoms with Crippen molar-refractivity contribution >= 4 is 34.8 Å². The Labute approximate surface area is 157 Å². The van der Waals surface area contributed by atoms with Crippen LogP contribution in [0, 0.1) is 0 Å². The maximum atomic E-state index is 12.3. The van der Waals surface area contributed by atoms with Gasteiger partial charge in [-0.05, 0) is 56.2 Å². The van der Waals surface area contributed by atoms with Gasteiger partial charge in [-0.3, -0.25) is 9.59 Å². The minimum atomic E-state index is -0.235. The van der Waals surface area contributed by atoms with Crippen LogP contribution in [0.1, 0.15) is 27.7 Å². The second-order valence-corrected chi connectivity index (χ2v) is 7.31. The number of rotatable bonds is 8. The van der Waals surface area contributed by atoms with Crippen LogP contribution in [0.5, 0.6) is 0 Å². The van der Waals surface area contributed by atoms with Crippen LogP contribution in [-0.2, 0) is 4.79 Å². The molecule has 0 aliphatic carbocycles. The number of hydrogen-bond acceptors (Lipinski definition) is 4. The standard InChI is InChI=1S/C18H22ClN3O2S/c1-22(2)10-9-15(13-5-7-14(19)8-6-13)21-17(23)12-20-18(24)16-4-3-11-25-16/h3-8,11,15H,9-10,12H2,1-2H3,(H,20,24)(H,21,23). The third-order valence-corrected chi connectivity index (χ3v) is 4.75. The Morgan fingerprint density at radius 3 is 2.52 bits per heavy atom. The van der Waals surface area contributed by atoms with Gasteiger partial charge in [0.15, 0.2) is 0 Å². The summed E-state index contributed by atoms with van der Waals surface area (Å²) in [5.74, 6) is -0.454. The first kappa shape index (κ1) is 19.4. The van der Waals surface area contributed by atoms with Crippen LogP contribution in [-0.4, -0.2) is 43.9 Å². The number of amides is 2. The number of benzene rings is 1. The van der Waals surface area contributed by atoms with Crippen LogP contribution in [0.3, 0.4) is 0 Å². The van der Waals surface area contributed by atoms with E-state index in [4.69, 9.17) is 11.6 Å². The lowest BCUT2D eigenvalue weighted by Crippen LogP contribution is -2.39. The zero-order chi connectivity index (χ0) is 18.2. The normalized spacial score (nSPS) is 12.0. The van der Waals surface area contributed by atoms with E-state index in [1.54, 1.807) is 12.1 Å². The largest absolute Gasteiger partial charge is 0.348 e. The highest BCUT2D eigenvalue weighted by atomic mass is 35.5. The van der Waals surface area contributed by atoms with Gasteiger partial charge >= 0.3 is 0 Å². The van der Waals surface area contributed by atoms with Gasteiger partial charge in [-0.1, -0.05) is 29.8 Å². The fourth-order valence-corrected chi connectivity index (χ4v) is 3.07. The lowest BCUT2D eigenvalue weighted by atomic mass is 10.0. The molecule has 25 heavy (non-hydrogen) atoms. The molecule has 2 N–H and O–H groups in total. The average Bonchev–Trinajstić information content (AvgIpc) is 3.12. The molecule has 1 atom stereocenters. The van der Waals surface area contributed by atoms with Crippen LogP contribution < -0.4 is 10.6 Å². The van der Waals surface area contributed by atoms with Crippen molar-refractivity contribution in [3.8, 4) is 0 Å². The van der Waals surface area contributed by atoms with Crippen molar-refractivity contribution in [2.45, 2.75) is 12.5 Å². The van der Waals surface area contributed by atoms with Gasteiger partial charge in [0.1, 0.15) is 0 Å². The molecule has 0 saturated heterocycles. The van der Waals surface area contributed by atoms with Crippen molar-refractivity contribution in [3.05, 3.63) is 57.2 Å². The number of nitrogens with one attached hydrogen (secondary N) is 2. The van der Waals surface area contributed by atoms with Crippen molar-refractivity contribution < 1.29 is 9.59 Å². The van der Waals surface area contributed by atoms with E-state index in [0.717, 1.165) is 18.5 Å². The van der Waals surface area contributed by atoms with Gasteiger partial charge < -0.3 is 15.5 Å². The Morgan fingerprint density at radius 2 is 1.92 bits per heavy atom. The number of carbonyl (C=O) groups excluding carboxylic acids is 2. The van der Waals surface area contributed by atoms with Crippen molar-refractivity contribution in [2.75, 3.05) is 27.2 Å². The highest BCUT2D eigenvalue weighted by Crippen LogP contribution is 2.19. The molecule has 7 heteroatoms. The lowest BCUT2D eigenvalue weighted by molar-refractivity contribution is -0.120. The molecular weight excluding hydrogens is 358 g/mol. The Hall–Kier alpha value is -1.89. The summed E-state index contributed by atoms with van der Waals surface area (Å²) >= 11 is 7.29. The molecule has 1 aromatic heterocycles. The quantitative estimate of drug-likeness (QED) is 0.741. The molecule has 0 aliphatic rings. The molecule has 1 heterocycles. The molecule has 0 aliphatic heterocycles. The number of halogens is 1. The molecule has 0 spiro atoms. The van der Waals surface area contributed by atoms with Crippen molar-refractivity contribution in [1.82, 2.24) is 15.5 Å². The molecule has 1 aromatic carbocycles. The third kappa shape index (κ3) is 6.49. The minimum Gasteiger partial charge on any atom is -0.348 e. The highest BCUT2D eigenvalue weighted by molar-refractivity contribution is 7.12. The van der Waals surface area contributed by atoms with E-state index in [1.807, 2.05) is 43.7 Å². The van der Waals surface area contributed by atoms with E-state index in [0.29, 0.717) is 9.90 Å². The first-order chi connectivity index (χ1) is 12.0. The molecule has 2 aromatic rings. The van der Waals surface area contributed by atoms with Gasteiger partial charge in [0.2, 0.25) is 5.91 Å². The zero-order valence-corrected chi connectivity index (χ0v) is 15.9. The first-order valence-electron chi connectivity index (χ1n) is 7.97. The second-order valence-electron chi connectivity index (χ2n) is 5.92. The van der Waals surface area contributed by atoms with E-state index >= 15 is 0 Å². The second kappa shape index (κ2) is 9.56. The summed E-state index contributed by atoms with van der Waals surface area (Å²) in [6.45, 7) is 0.776. The Balaban J connectivity index is 1.94. The summed E-state index contributed by atoms with van der Waals surface area (Å²) in [6.07, 6.45) is 0.763. The SMILES string of the molecule is CN(C)CCC(NC(=O)CNC(=O)c1cccs1)c1ccc(Cl)cc1. The predicted octanol–water partition coefficient (Wildman–Crippen LogP) is 2.94. The van der Waals surface area contributed by atoms with Crippen molar-refractivity contribution in [2.24, 2.45) is 0 Å². The summed E-state index contributed by atoms with van der Waals surface area (Å²) < 4.78 is 0. The summed E-state index contributed by atoms with van der Waals surface area (Å²) in [5, 5.41) is 8.12. The van der Waals surface area contributed by atoms with Crippen LogP contribution in [0.25, 0.3) is 0 Å². The number of thiophene rings is 1. The Bertz CT molecular complexity index is 687. The summed E-state index contributed by atoms with van der Waals surface area (Å²) in [5.41, 5.74) is 0.990. The molecule has 5 nitrogen and oxygen atoms in total. The van der Waals surface area contributed by atoms with Crippen LogP contribution in [0.15, 0.2) is 41.8 Å². The smallest absolute Gasteiger partial charge is 0.261 e. The van der Waals surface area contributed by atoms with E-state index in [9.17, 15) is 9.59 Å². The molecule has 134 valence electrons. The Morgan fingerprint density at radius 1 is 1.20 bits per heavy atom. The van der Waals surface area contributed by atoms with E-state index in [1.165, 1.54) is 11.3 Å². The molecule has 0 bridgehead atoms. The maximum Gasteiger partial charge on any atom is 0.261 e. The van der Waals surface area contributed by atoms with Gasteiger partial charge in [-0.25, -0.2) is 0 Å². The molecule has 2 rings (SSSR count). The number of carbonyl (C=O) groups is 2. The number of nitrogens with zero attached hydrogens (tertiary/aromatic N) is 1. The molecule has 0 fully saturated rings.